The molecule has 0 bridgehead atoms. The second kappa shape index (κ2) is 5.27. The number of benzene rings is 1. The predicted octanol–water partition coefficient (Wildman–Crippen LogP) is 2.13. The molecule has 1 aromatic rings. The van der Waals surface area contributed by atoms with E-state index in [0.29, 0.717) is 5.56 Å². The molecule has 0 aromatic heterocycles. The number of nitrogens with two attached hydrogens (primary N) is 1. The molecule has 94 valence electrons. The number of carbonyl (C=O) groups excluding carboxylic acids is 1. The molecule has 0 fully saturated rings. The van der Waals surface area contributed by atoms with E-state index < -0.39 is 5.54 Å². The van der Waals surface area contributed by atoms with E-state index in [4.69, 9.17) is 5.73 Å². The van der Waals surface area contributed by atoms with Gasteiger partial charge in [-0.05, 0) is 26.8 Å². The average molecular weight is 238 g/mol. The Morgan fingerprint density at radius 1 is 1.47 bits per heavy atom. The van der Waals surface area contributed by atoms with E-state index in [9.17, 15) is 9.18 Å². The smallest absolute Gasteiger partial charge is 0.222 e. The average Bonchev–Trinajstić information content (AvgIpc) is 2.14. The zero-order valence-corrected chi connectivity index (χ0v) is 10.5. The first-order chi connectivity index (χ1) is 7.79. The van der Waals surface area contributed by atoms with Gasteiger partial charge in [-0.2, -0.15) is 0 Å². The van der Waals surface area contributed by atoms with E-state index in [1.807, 2.05) is 0 Å². The van der Waals surface area contributed by atoms with Gasteiger partial charge in [-0.25, -0.2) is 4.39 Å². The molecule has 0 spiro atoms. The Balaban J connectivity index is 2.64. The van der Waals surface area contributed by atoms with Gasteiger partial charge in [0.05, 0.1) is 6.04 Å². The monoisotopic (exact) mass is 238 g/mol. The molecule has 0 aliphatic carbocycles. The Morgan fingerprint density at radius 3 is 2.59 bits per heavy atom. The van der Waals surface area contributed by atoms with Gasteiger partial charge >= 0.3 is 0 Å². The maximum Gasteiger partial charge on any atom is 0.222 e. The van der Waals surface area contributed by atoms with Crippen molar-refractivity contribution in [1.29, 1.82) is 0 Å². The lowest BCUT2D eigenvalue weighted by atomic mass is 10.0. The summed E-state index contributed by atoms with van der Waals surface area (Å²) in [4.78, 5) is 11.6. The van der Waals surface area contributed by atoms with Crippen LogP contribution in [0.25, 0.3) is 0 Å². The lowest BCUT2D eigenvalue weighted by Crippen LogP contribution is -2.39. The number of halogens is 1. The highest BCUT2D eigenvalue weighted by molar-refractivity contribution is 5.77. The highest BCUT2D eigenvalue weighted by Gasteiger charge is 2.19. The van der Waals surface area contributed by atoms with Crippen LogP contribution < -0.4 is 11.1 Å². The van der Waals surface area contributed by atoms with Crippen LogP contribution in [-0.2, 0) is 4.79 Å². The molecule has 4 heteroatoms. The van der Waals surface area contributed by atoms with Gasteiger partial charge in [0.15, 0.2) is 0 Å². The van der Waals surface area contributed by atoms with Crippen molar-refractivity contribution < 1.29 is 9.18 Å². The van der Waals surface area contributed by atoms with Gasteiger partial charge in [0.2, 0.25) is 5.91 Å². The quantitative estimate of drug-likeness (QED) is 0.844. The van der Waals surface area contributed by atoms with E-state index in [1.165, 1.54) is 6.07 Å². The zero-order chi connectivity index (χ0) is 13.1. The van der Waals surface area contributed by atoms with Gasteiger partial charge in [0.25, 0.3) is 0 Å². The van der Waals surface area contributed by atoms with Crippen molar-refractivity contribution in [1.82, 2.24) is 5.32 Å². The number of rotatable bonds is 4. The van der Waals surface area contributed by atoms with E-state index in [-0.39, 0.29) is 24.2 Å². The molecule has 0 heterocycles. The fraction of sp³-hybridized carbons (Fsp3) is 0.462. The summed E-state index contributed by atoms with van der Waals surface area (Å²) < 4.78 is 13.5. The topological polar surface area (TPSA) is 55.1 Å². The largest absolute Gasteiger partial charge is 0.349 e. The van der Waals surface area contributed by atoms with Crippen LogP contribution in [0.3, 0.4) is 0 Å². The molecule has 0 saturated heterocycles. The molecule has 1 atom stereocenters. The van der Waals surface area contributed by atoms with E-state index >= 15 is 0 Å². The molecule has 1 aromatic carbocycles. The number of hydrogen-bond donors (Lipinski definition) is 2. The van der Waals surface area contributed by atoms with Crippen LogP contribution in [0.2, 0.25) is 0 Å². The van der Waals surface area contributed by atoms with Crippen molar-refractivity contribution in [2.75, 3.05) is 0 Å². The Morgan fingerprint density at radius 2 is 2.06 bits per heavy atom. The summed E-state index contributed by atoms with van der Waals surface area (Å²) in [7, 11) is 0. The van der Waals surface area contributed by atoms with Crippen molar-refractivity contribution in [3.05, 3.63) is 35.6 Å². The molecule has 0 unspecified atom stereocenters. The third kappa shape index (κ3) is 4.53. The predicted molar refractivity (Wildman–Crippen MR) is 65.8 cm³/mol. The molecule has 1 rings (SSSR count). The van der Waals surface area contributed by atoms with Crippen LogP contribution in [-0.4, -0.2) is 11.4 Å². The molecular formula is C13H19FN2O. The summed E-state index contributed by atoms with van der Waals surface area (Å²) in [6, 6.07) is 6.05. The van der Waals surface area contributed by atoms with Gasteiger partial charge in [0, 0.05) is 17.5 Å². The summed E-state index contributed by atoms with van der Waals surface area (Å²) in [5.41, 5.74) is 5.67. The van der Waals surface area contributed by atoms with Crippen LogP contribution in [0.4, 0.5) is 4.39 Å². The van der Waals surface area contributed by atoms with Crippen molar-refractivity contribution >= 4 is 5.91 Å². The first-order valence-corrected chi connectivity index (χ1v) is 5.62. The minimum Gasteiger partial charge on any atom is -0.349 e. The number of nitrogens with one attached hydrogen (secondary N) is 1. The molecule has 17 heavy (non-hydrogen) atoms. The van der Waals surface area contributed by atoms with Gasteiger partial charge in [-0.3, -0.25) is 4.79 Å². The van der Waals surface area contributed by atoms with Gasteiger partial charge in [-0.15, -0.1) is 0 Å². The van der Waals surface area contributed by atoms with Crippen LogP contribution in [0.5, 0.6) is 0 Å². The number of hydrogen-bond acceptors (Lipinski definition) is 2. The molecule has 3 N–H and O–H groups in total. The Bertz CT molecular complexity index is 399. The fourth-order valence-electron chi connectivity index (χ4n) is 1.61. The first kappa shape index (κ1) is 13.6. The van der Waals surface area contributed by atoms with Crippen LogP contribution >= 0.6 is 0 Å². The standard InChI is InChI=1S/C13H19FN2O/c1-9(10-6-4-5-7-11(10)14)16-12(17)8-13(2,3)15/h4-7,9H,8,15H2,1-3H3,(H,16,17)/t9-/m1/s1. The highest BCUT2D eigenvalue weighted by atomic mass is 19.1. The summed E-state index contributed by atoms with van der Waals surface area (Å²) in [5.74, 6) is -0.486. The maximum absolute atomic E-state index is 13.5. The van der Waals surface area contributed by atoms with Crippen LogP contribution in [0.15, 0.2) is 24.3 Å². The van der Waals surface area contributed by atoms with Crippen molar-refractivity contribution in [2.24, 2.45) is 5.73 Å². The van der Waals surface area contributed by atoms with E-state index in [2.05, 4.69) is 5.32 Å². The fourth-order valence-corrected chi connectivity index (χ4v) is 1.61. The molecule has 0 aliphatic rings. The second-order valence-electron chi connectivity index (χ2n) is 4.98. The van der Waals surface area contributed by atoms with Crippen LogP contribution in [0.1, 0.15) is 38.8 Å². The highest BCUT2D eigenvalue weighted by Crippen LogP contribution is 2.16. The molecule has 0 aliphatic heterocycles. The third-order valence-electron chi connectivity index (χ3n) is 2.37. The molecular weight excluding hydrogens is 219 g/mol. The van der Waals surface area contributed by atoms with Gasteiger partial charge in [-0.1, -0.05) is 18.2 Å². The number of carbonyl (C=O) groups is 1. The number of amides is 1. The van der Waals surface area contributed by atoms with Gasteiger partial charge in [0.1, 0.15) is 5.82 Å². The normalized spacial score (nSPS) is 13.2. The second-order valence-corrected chi connectivity index (χ2v) is 4.98. The molecule has 3 nitrogen and oxygen atoms in total. The summed E-state index contributed by atoms with van der Waals surface area (Å²) in [6.07, 6.45) is 0.214. The Labute approximate surface area is 101 Å². The summed E-state index contributed by atoms with van der Waals surface area (Å²) in [5, 5.41) is 2.73. The first-order valence-electron chi connectivity index (χ1n) is 5.62. The SMILES string of the molecule is C[C@@H](NC(=O)CC(C)(C)N)c1ccccc1F. The van der Waals surface area contributed by atoms with Crippen molar-refractivity contribution in [3.63, 3.8) is 0 Å². The molecule has 0 radical (unpaired) electrons. The summed E-state index contributed by atoms with van der Waals surface area (Å²) >= 11 is 0. The minimum absolute atomic E-state index is 0.173. The Hall–Kier alpha value is -1.42. The molecule has 1 amide bonds. The maximum atomic E-state index is 13.5. The molecule has 0 saturated carbocycles. The van der Waals surface area contributed by atoms with Gasteiger partial charge < -0.3 is 11.1 Å². The zero-order valence-electron chi connectivity index (χ0n) is 10.5. The summed E-state index contributed by atoms with van der Waals surface area (Å²) in [6.45, 7) is 5.31. The lowest BCUT2D eigenvalue weighted by Gasteiger charge is -2.20. The minimum atomic E-state index is -0.557. The van der Waals surface area contributed by atoms with E-state index in [0.717, 1.165) is 0 Å². The third-order valence-corrected chi connectivity index (χ3v) is 2.37. The van der Waals surface area contributed by atoms with Crippen molar-refractivity contribution in [2.45, 2.75) is 38.8 Å². The van der Waals surface area contributed by atoms with Crippen LogP contribution in [0, 0.1) is 5.82 Å². The van der Waals surface area contributed by atoms with E-state index in [1.54, 1.807) is 39.0 Å². The lowest BCUT2D eigenvalue weighted by molar-refractivity contribution is -0.122. The Kier molecular flexibility index (Phi) is 4.23. The van der Waals surface area contributed by atoms with Crippen molar-refractivity contribution in [3.8, 4) is 0 Å².